The standard InChI is InChI=1S/C29H39N6O8P/c1-4-20(5-2)15-40-28(38)19(3)34-44(39,42-16-21-9-7-6-8-10-21)41-14-13-23-25(36)26(37)29(17-30,43-23)24-12-11-22-27(31)32-18-33-35(22)24/h6-12,18-20,23,25-26,36-37H,4-5,13-16H2,1-3H3,(H,34,39)(H2,31,32,33)/t19-,23+,25+,26+,29-,44-/m0/s1. The SMILES string of the molecule is CCC(CC)COC(=O)[C@H](C)N[P@](=O)(OCC[C@H]1O[C@@](C#N)(c2ccc3c(N)ncnn23)[C@H](O)[C@@H]1O)OCc1ccccc1. The number of ether oxygens (including phenoxy) is 2. The van der Waals surface area contributed by atoms with Crippen molar-refractivity contribution < 1.29 is 38.1 Å². The molecule has 14 nitrogen and oxygen atoms in total. The number of hydrogen-bond acceptors (Lipinski definition) is 12. The molecule has 0 radical (unpaired) electrons. The van der Waals surface area contributed by atoms with Crippen molar-refractivity contribution >= 4 is 25.1 Å². The quantitative estimate of drug-likeness (QED) is 0.141. The summed E-state index contributed by atoms with van der Waals surface area (Å²) in [7, 11) is -4.12. The van der Waals surface area contributed by atoms with E-state index in [0.717, 1.165) is 18.4 Å². The Kier molecular flexibility index (Phi) is 11.1. The highest BCUT2D eigenvalue weighted by atomic mass is 31.2. The zero-order valence-electron chi connectivity index (χ0n) is 24.9. The number of rotatable bonds is 15. The zero-order valence-corrected chi connectivity index (χ0v) is 25.8. The van der Waals surface area contributed by atoms with Gasteiger partial charge in [0.25, 0.3) is 0 Å². The second-order valence-electron chi connectivity index (χ2n) is 10.6. The smallest absolute Gasteiger partial charge is 0.406 e. The van der Waals surface area contributed by atoms with Gasteiger partial charge in [0.2, 0.25) is 5.60 Å². The number of nitrogens with zero attached hydrogens (tertiary/aromatic N) is 4. The Morgan fingerprint density at radius 3 is 2.64 bits per heavy atom. The molecule has 1 aliphatic rings. The van der Waals surface area contributed by atoms with E-state index in [-0.39, 0.29) is 43.7 Å². The number of nitrogens with two attached hydrogens (primary N) is 1. The Morgan fingerprint density at radius 1 is 1.23 bits per heavy atom. The van der Waals surface area contributed by atoms with Crippen molar-refractivity contribution in [1.82, 2.24) is 19.7 Å². The van der Waals surface area contributed by atoms with Crippen LogP contribution < -0.4 is 10.8 Å². The lowest BCUT2D eigenvalue weighted by atomic mass is 9.92. The minimum Gasteiger partial charge on any atom is -0.464 e. The monoisotopic (exact) mass is 630 g/mol. The third-order valence-electron chi connectivity index (χ3n) is 7.72. The molecular formula is C29H39N6O8P. The molecular weight excluding hydrogens is 591 g/mol. The Morgan fingerprint density at radius 2 is 1.95 bits per heavy atom. The van der Waals surface area contributed by atoms with Gasteiger partial charge in [-0.3, -0.25) is 13.8 Å². The van der Waals surface area contributed by atoms with Crippen molar-refractivity contribution in [2.75, 3.05) is 18.9 Å². The van der Waals surface area contributed by atoms with E-state index in [0.29, 0.717) is 5.52 Å². The molecule has 1 fully saturated rings. The second kappa shape index (κ2) is 14.6. The molecule has 4 rings (SSSR count). The van der Waals surface area contributed by atoms with Crippen LogP contribution in [0.15, 0.2) is 48.8 Å². The zero-order chi connectivity index (χ0) is 31.9. The number of nitrogens with one attached hydrogen (secondary N) is 1. The summed E-state index contributed by atoms with van der Waals surface area (Å²) in [6.45, 7) is 5.40. The van der Waals surface area contributed by atoms with E-state index in [2.05, 4.69) is 15.2 Å². The first-order valence-electron chi connectivity index (χ1n) is 14.5. The fraction of sp³-hybridized carbons (Fsp3) is 0.517. The van der Waals surface area contributed by atoms with Crippen molar-refractivity contribution in [3.63, 3.8) is 0 Å². The first-order chi connectivity index (χ1) is 21.1. The average molecular weight is 631 g/mol. The van der Waals surface area contributed by atoms with Gasteiger partial charge < -0.3 is 25.4 Å². The topological polar surface area (TPSA) is 204 Å². The van der Waals surface area contributed by atoms with Gasteiger partial charge >= 0.3 is 13.7 Å². The molecule has 0 saturated carbocycles. The highest BCUT2D eigenvalue weighted by Gasteiger charge is 2.57. The van der Waals surface area contributed by atoms with E-state index in [1.807, 2.05) is 26.0 Å². The van der Waals surface area contributed by atoms with Crippen LogP contribution in [-0.4, -0.2) is 68.3 Å². The number of hydrogen-bond donors (Lipinski definition) is 4. The van der Waals surface area contributed by atoms with Gasteiger partial charge in [-0.05, 0) is 30.5 Å². The molecule has 238 valence electrons. The summed E-state index contributed by atoms with van der Waals surface area (Å²) < 4.78 is 37.9. The van der Waals surface area contributed by atoms with E-state index in [1.165, 1.54) is 23.8 Å². The molecule has 0 unspecified atom stereocenters. The molecule has 3 aromatic rings. The van der Waals surface area contributed by atoms with Crippen LogP contribution in [0.2, 0.25) is 0 Å². The van der Waals surface area contributed by atoms with Crippen molar-refractivity contribution in [1.29, 1.82) is 5.26 Å². The van der Waals surface area contributed by atoms with Crippen molar-refractivity contribution in [3.05, 3.63) is 60.0 Å². The van der Waals surface area contributed by atoms with Crippen LogP contribution in [0.4, 0.5) is 5.82 Å². The van der Waals surface area contributed by atoms with Crippen molar-refractivity contribution in [3.8, 4) is 6.07 Å². The van der Waals surface area contributed by atoms with E-state index in [1.54, 1.807) is 30.3 Å². The normalized spacial score (nSPS) is 23.8. The van der Waals surface area contributed by atoms with Crippen molar-refractivity contribution in [2.24, 2.45) is 5.92 Å². The molecule has 3 heterocycles. The third kappa shape index (κ3) is 7.27. The molecule has 0 aliphatic carbocycles. The minimum absolute atomic E-state index is 0.0777. The van der Waals surface area contributed by atoms with Crippen LogP contribution in [0.3, 0.4) is 0 Å². The van der Waals surface area contributed by atoms with Gasteiger partial charge in [-0.25, -0.2) is 19.2 Å². The molecule has 0 bridgehead atoms. The van der Waals surface area contributed by atoms with Crippen LogP contribution in [0.1, 0.15) is 51.3 Å². The lowest BCUT2D eigenvalue weighted by Crippen LogP contribution is -2.40. The Bertz CT molecular complexity index is 1500. The van der Waals surface area contributed by atoms with Crippen LogP contribution in [-0.2, 0) is 40.1 Å². The fourth-order valence-electron chi connectivity index (χ4n) is 4.92. The van der Waals surface area contributed by atoms with Gasteiger partial charge in [0, 0.05) is 6.42 Å². The predicted molar refractivity (Wildman–Crippen MR) is 159 cm³/mol. The van der Waals surface area contributed by atoms with E-state index >= 15 is 0 Å². The molecule has 1 aromatic carbocycles. The number of carbonyl (C=O) groups is 1. The Labute approximate surface area is 255 Å². The van der Waals surface area contributed by atoms with Crippen LogP contribution in [0.5, 0.6) is 0 Å². The number of aliphatic hydroxyl groups excluding tert-OH is 2. The molecule has 15 heteroatoms. The number of fused-ring (bicyclic) bond motifs is 1. The lowest BCUT2D eigenvalue weighted by Gasteiger charge is -2.25. The molecule has 1 saturated heterocycles. The number of aromatic nitrogens is 3. The summed E-state index contributed by atoms with van der Waals surface area (Å²) in [4.78, 5) is 16.6. The van der Waals surface area contributed by atoms with Crippen LogP contribution >= 0.6 is 7.75 Å². The summed E-state index contributed by atoms with van der Waals surface area (Å²) in [5, 5.41) is 38.7. The summed E-state index contributed by atoms with van der Waals surface area (Å²) in [6, 6.07) is 13.0. The lowest BCUT2D eigenvalue weighted by molar-refractivity contribution is -0.146. The summed E-state index contributed by atoms with van der Waals surface area (Å²) in [5.74, 6) is -0.235. The highest BCUT2D eigenvalue weighted by Crippen LogP contribution is 2.47. The van der Waals surface area contributed by atoms with Gasteiger partial charge in [-0.2, -0.15) is 10.4 Å². The summed E-state index contributed by atoms with van der Waals surface area (Å²) >= 11 is 0. The highest BCUT2D eigenvalue weighted by molar-refractivity contribution is 7.51. The van der Waals surface area contributed by atoms with Gasteiger partial charge in [0.1, 0.15) is 36.2 Å². The second-order valence-corrected chi connectivity index (χ2v) is 12.4. The number of anilines is 1. The van der Waals surface area contributed by atoms with Crippen LogP contribution in [0, 0.1) is 17.2 Å². The maximum absolute atomic E-state index is 13.8. The van der Waals surface area contributed by atoms with Gasteiger partial charge in [-0.15, -0.1) is 0 Å². The average Bonchev–Trinajstić information content (AvgIpc) is 3.57. The molecule has 0 spiro atoms. The maximum Gasteiger partial charge on any atom is 0.406 e. The maximum atomic E-state index is 13.8. The largest absolute Gasteiger partial charge is 0.464 e. The fourth-order valence-corrected chi connectivity index (χ4v) is 6.39. The third-order valence-corrected chi connectivity index (χ3v) is 9.41. The van der Waals surface area contributed by atoms with E-state index in [4.69, 9.17) is 24.3 Å². The molecule has 44 heavy (non-hydrogen) atoms. The number of nitrogen functional groups attached to an aromatic ring is 1. The number of benzene rings is 1. The minimum atomic E-state index is -4.12. The van der Waals surface area contributed by atoms with Gasteiger partial charge in [-0.1, -0.05) is 57.0 Å². The van der Waals surface area contributed by atoms with Crippen molar-refractivity contribution in [2.45, 2.75) is 76.6 Å². The molecule has 1 aliphatic heterocycles. The van der Waals surface area contributed by atoms with Gasteiger partial charge in [0.15, 0.2) is 5.82 Å². The summed E-state index contributed by atoms with van der Waals surface area (Å²) in [5.41, 5.74) is 5.19. The molecule has 5 N–H and O–H groups in total. The first kappa shape index (κ1) is 33.5. The van der Waals surface area contributed by atoms with Gasteiger partial charge in [0.05, 0.1) is 31.6 Å². The Balaban J connectivity index is 1.45. The number of carbonyl (C=O) groups excluding carboxylic acids is 1. The van der Waals surface area contributed by atoms with E-state index in [9.17, 15) is 24.8 Å². The molecule has 2 aromatic heterocycles. The summed E-state index contributed by atoms with van der Waals surface area (Å²) in [6.07, 6.45) is -1.44. The van der Waals surface area contributed by atoms with E-state index < -0.39 is 43.7 Å². The number of nitriles is 1. The molecule has 0 amide bonds. The van der Waals surface area contributed by atoms with Crippen LogP contribution in [0.25, 0.3) is 5.52 Å². The Hall–Kier alpha value is -3.41. The first-order valence-corrected chi connectivity index (χ1v) is 16.0. The predicted octanol–water partition coefficient (Wildman–Crippen LogP) is 2.84. The number of aliphatic hydroxyl groups is 2. The number of esters is 1. The molecule has 6 atom stereocenters.